The first-order valence-electron chi connectivity index (χ1n) is 14.1. The molecule has 2 atom stereocenters. The molecule has 0 saturated heterocycles. The van der Waals surface area contributed by atoms with E-state index in [0.717, 1.165) is 11.1 Å². The lowest BCUT2D eigenvalue weighted by Gasteiger charge is -2.36. The number of carbonyl (C=O) groups is 2. The van der Waals surface area contributed by atoms with Gasteiger partial charge in [-0.1, -0.05) is 48.5 Å². The van der Waals surface area contributed by atoms with E-state index >= 15 is 0 Å². The highest BCUT2D eigenvalue weighted by molar-refractivity contribution is 6.04. The number of allylic oxidation sites excluding steroid dienone is 3. The van der Waals surface area contributed by atoms with Crippen molar-refractivity contribution in [3.63, 3.8) is 0 Å². The molecule has 2 unspecified atom stereocenters. The summed E-state index contributed by atoms with van der Waals surface area (Å²) in [5.41, 5.74) is 4.85. The Kier molecular flexibility index (Phi) is 8.61. The second-order valence-electron chi connectivity index (χ2n) is 10.8. The Balaban J connectivity index is 1.52. The van der Waals surface area contributed by atoms with E-state index in [0.29, 0.717) is 52.4 Å². The Labute approximate surface area is 250 Å². The lowest BCUT2D eigenvalue weighted by Crippen LogP contribution is -2.36. The van der Waals surface area contributed by atoms with Crippen molar-refractivity contribution in [2.45, 2.75) is 44.9 Å². The molecule has 0 bridgehead atoms. The molecule has 3 aromatic rings. The number of hydrogen-bond acceptors (Lipinski definition) is 8. The van der Waals surface area contributed by atoms with Crippen LogP contribution in [-0.4, -0.2) is 37.5 Å². The summed E-state index contributed by atoms with van der Waals surface area (Å²) < 4.78 is 16.6. The quantitative estimate of drug-likeness (QED) is 0.184. The molecule has 0 spiro atoms. The van der Waals surface area contributed by atoms with Gasteiger partial charge >= 0.3 is 5.97 Å². The van der Waals surface area contributed by atoms with Crippen molar-refractivity contribution >= 4 is 17.4 Å². The molecule has 1 aliphatic heterocycles. The molecule has 43 heavy (non-hydrogen) atoms. The van der Waals surface area contributed by atoms with Gasteiger partial charge in [-0.2, -0.15) is 0 Å². The minimum absolute atomic E-state index is 0.0703. The summed E-state index contributed by atoms with van der Waals surface area (Å²) in [6, 6.07) is 20.2. The Bertz CT molecular complexity index is 1640. The number of aryl methyl sites for hydroxylation is 1. The molecule has 5 rings (SSSR count). The fraction of sp³-hybridized carbons (Fsp3) is 0.294. The molecule has 1 aliphatic carbocycles. The second kappa shape index (κ2) is 12.5. The van der Waals surface area contributed by atoms with Gasteiger partial charge in [0, 0.05) is 47.4 Å². The molecule has 1 N–H and O–H groups in total. The van der Waals surface area contributed by atoms with Crippen LogP contribution >= 0.6 is 0 Å². The molecule has 222 valence electrons. The van der Waals surface area contributed by atoms with Crippen molar-refractivity contribution < 1.29 is 28.7 Å². The van der Waals surface area contributed by atoms with Crippen LogP contribution in [0.2, 0.25) is 0 Å². The van der Waals surface area contributed by atoms with Crippen molar-refractivity contribution in [2.24, 2.45) is 0 Å². The highest BCUT2D eigenvalue weighted by Crippen LogP contribution is 2.47. The number of Topliss-reactive ketones (excluding diaryl/α,β-unsaturated/α-hetero) is 1. The first kappa shape index (κ1) is 29.6. The zero-order chi connectivity index (χ0) is 30.7. The molecule has 0 fully saturated rings. The fourth-order valence-electron chi connectivity index (χ4n) is 5.97. The predicted octanol–water partition coefficient (Wildman–Crippen LogP) is 6.07. The van der Waals surface area contributed by atoms with Crippen LogP contribution in [0.25, 0.3) is 0 Å². The van der Waals surface area contributed by atoms with Crippen LogP contribution in [0.5, 0.6) is 11.5 Å². The minimum Gasteiger partial charge on any atom is -0.493 e. The Morgan fingerprint density at radius 3 is 2.37 bits per heavy atom. The number of ether oxygens (including phenoxy) is 3. The van der Waals surface area contributed by atoms with Crippen LogP contribution < -0.4 is 14.8 Å². The minimum atomic E-state index is -0.807. The van der Waals surface area contributed by atoms with E-state index in [-0.39, 0.29) is 36.0 Å². The maximum absolute atomic E-state index is 14.0. The van der Waals surface area contributed by atoms with Gasteiger partial charge in [-0.15, -0.1) is 0 Å². The molecule has 3 aromatic carbocycles. The largest absolute Gasteiger partial charge is 0.493 e. The van der Waals surface area contributed by atoms with E-state index in [1.807, 2.05) is 48.5 Å². The van der Waals surface area contributed by atoms with Crippen molar-refractivity contribution in [3.8, 4) is 11.5 Å². The number of dihydropyridines is 1. The number of benzene rings is 3. The van der Waals surface area contributed by atoms with Gasteiger partial charge in [0.05, 0.1) is 31.3 Å². The summed E-state index contributed by atoms with van der Waals surface area (Å²) in [5.74, 6) is -0.471. The highest BCUT2D eigenvalue weighted by Gasteiger charge is 2.42. The average Bonchev–Trinajstić information content (AvgIpc) is 3.00. The molecule has 0 saturated carbocycles. The molecule has 1 heterocycles. The molecular weight excluding hydrogens is 548 g/mol. The van der Waals surface area contributed by atoms with Crippen LogP contribution in [-0.2, 0) is 20.7 Å². The molecule has 2 aliphatic rings. The Morgan fingerprint density at radius 1 is 0.953 bits per heavy atom. The third-order valence-electron chi connectivity index (χ3n) is 8.16. The summed E-state index contributed by atoms with van der Waals surface area (Å²) in [4.78, 5) is 39.0. The van der Waals surface area contributed by atoms with Crippen LogP contribution in [0.15, 0.2) is 89.3 Å². The number of rotatable bonds is 9. The van der Waals surface area contributed by atoms with E-state index in [9.17, 15) is 19.7 Å². The summed E-state index contributed by atoms with van der Waals surface area (Å²) in [7, 11) is 3.14. The highest BCUT2D eigenvalue weighted by atomic mass is 16.6. The molecule has 9 heteroatoms. The lowest BCUT2D eigenvalue weighted by atomic mass is 9.71. The summed E-state index contributed by atoms with van der Waals surface area (Å²) >= 11 is 0. The summed E-state index contributed by atoms with van der Waals surface area (Å²) in [6.45, 7) is 3.59. The molecule has 0 radical (unpaired) electrons. The Hall–Kier alpha value is -4.92. The third kappa shape index (κ3) is 6.02. The Morgan fingerprint density at radius 2 is 1.67 bits per heavy atom. The standard InChI is InChI=1S/C34H34N2O7/c1-20-10-11-24(17-27(20)36(39)40)32-31(34(38)43-15-14-22-8-6-5-7-9-22)21(2)35-26-16-25(18-28(37)33(26)32)23-12-13-29(41-3)30(19-23)42-4/h5-13,17,19,25,32,35H,14-16,18H2,1-4H3. The number of ketones is 1. The molecule has 0 aromatic heterocycles. The number of esters is 1. The van der Waals surface area contributed by atoms with Gasteiger partial charge in [-0.3, -0.25) is 14.9 Å². The number of nitrogens with zero attached hydrogens (tertiary/aromatic N) is 1. The zero-order valence-corrected chi connectivity index (χ0v) is 24.6. The maximum atomic E-state index is 14.0. The molecule has 9 nitrogen and oxygen atoms in total. The van der Waals surface area contributed by atoms with Gasteiger partial charge < -0.3 is 19.5 Å². The second-order valence-corrected chi connectivity index (χ2v) is 10.8. The number of nitro benzene ring substituents is 1. The SMILES string of the molecule is COc1ccc(C2CC(=O)C3=C(C2)NC(C)=C(C(=O)OCCc2ccccc2)C3c2ccc(C)c([N+](=O)[O-])c2)cc1OC. The van der Waals surface area contributed by atoms with Crippen molar-refractivity contribution in [2.75, 3.05) is 20.8 Å². The van der Waals surface area contributed by atoms with E-state index < -0.39 is 16.8 Å². The lowest BCUT2D eigenvalue weighted by molar-refractivity contribution is -0.385. The van der Waals surface area contributed by atoms with E-state index in [1.165, 1.54) is 6.07 Å². The first-order chi connectivity index (χ1) is 20.7. The van der Waals surface area contributed by atoms with Gasteiger partial charge in [0.15, 0.2) is 17.3 Å². The zero-order valence-electron chi connectivity index (χ0n) is 24.6. The third-order valence-corrected chi connectivity index (χ3v) is 8.16. The van der Waals surface area contributed by atoms with E-state index in [1.54, 1.807) is 40.2 Å². The van der Waals surface area contributed by atoms with Crippen LogP contribution in [0.1, 0.15) is 53.9 Å². The first-order valence-corrected chi connectivity index (χ1v) is 14.1. The van der Waals surface area contributed by atoms with Gasteiger partial charge in [0.2, 0.25) is 0 Å². The average molecular weight is 583 g/mol. The molecular formula is C34H34N2O7. The summed E-state index contributed by atoms with van der Waals surface area (Å²) in [6.07, 6.45) is 1.25. The van der Waals surface area contributed by atoms with Crippen LogP contribution in [0.4, 0.5) is 5.69 Å². The maximum Gasteiger partial charge on any atom is 0.336 e. The summed E-state index contributed by atoms with van der Waals surface area (Å²) in [5, 5.41) is 15.2. The van der Waals surface area contributed by atoms with Gasteiger partial charge in [-0.25, -0.2) is 4.79 Å². The van der Waals surface area contributed by atoms with Gasteiger partial charge in [-0.05, 0) is 55.0 Å². The van der Waals surface area contributed by atoms with Gasteiger partial charge in [0.1, 0.15) is 0 Å². The van der Waals surface area contributed by atoms with E-state index in [2.05, 4.69) is 5.32 Å². The predicted molar refractivity (Wildman–Crippen MR) is 161 cm³/mol. The van der Waals surface area contributed by atoms with Gasteiger partial charge in [0.25, 0.3) is 5.69 Å². The van der Waals surface area contributed by atoms with Crippen LogP contribution in [0, 0.1) is 17.0 Å². The van der Waals surface area contributed by atoms with E-state index in [4.69, 9.17) is 14.2 Å². The number of carbonyl (C=O) groups excluding carboxylic acids is 2. The number of nitro groups is 1. The fourth-order valence-corrected chi connectivity index (χ4v) is 5.97. The van der Waals surface area contributed by atoms with Crippen molar-refractivity contribution in [1.82, 2.24) is 5.32 Å². The normalized spacial score (nSPS) is 18.1. The van der Waals surface area contributed by atoms with Crippen LogP contribution in [0.3, 0.4) is 0 Å². The number of hydrogen-bond donors (Lipinski definition) is 1. The number of nitrogens with one attached hydrogen (secondary N) is 1. The number of methoxy groups -OCH3 is 2. The monoisotopic (exact) mass is 582 g/mol. The van der Waals surface area contributed by atoms with Crippen molar-refractivity contribution in [1.29, 1.82) is 0 Å². The molecule has 0 amide bonds. The van der Waals surface area contributed by atoms with Crippen molar-refractivity contribution in [3.05, 3.63) is 122 Å². The topological polar surface area (TPSA) is 117 Å². The smallest absolute Gasteiger partial charge is 0.336 e.